The quantitative estimate of drug-likeness (QED) is 0.787. The van der Waals surface area contributed by atoms with E-state index in [0.717, 1.165) is 17.8 Å². The van der Waals surface area contributed by atoms with Crippen LogP contribution in [0.3, 0.4) is 0 Å². The van der Waals surface area contributed by atoms with Crippen molar-refractivity contribution >= 4 is 17.5 Å². The molecule has 0 aliphatic carbocycles. The number of carbonyl (C=O) groups excluding carboxylic acids is 1. The number of aromatic nitrogens is 3. The van der Waals surface area contributed by atoms with Crippen molar-refractivity contribution in [2.24, 2.45) is 0 Å². The fourth-order valence-corrected chi connectivity index (χ4v) is 3.21. The van der Waals surface area contributed by atoms with E-state index in [1.807, 2.05) is 30.3 Å². The minimum absolute atomic E-state index is 0.211. The van der Waals surface area contributed by atoms with E-state index in [2.05, 4.69) is 44.2 Å². The standard InChI is InChI=1S/C20H19N5O/c1-14-10-15-6-2-3-8-18(15)25(14)20-23-11-16(12-24-20)19(26)22-13-17-7-4-5-9-21-17/h2-9,11-12,14H,10,13H2,1H3,(H,22,26). The maximum absolute atomic E-state index is 12.3. The Hall–Kier alpha value is -3.28. The maximum atomic E-state index is 12.3. The molecule has 3 heterocycles. The van der Waals surface area contributed by atoms with Gasteiger partial charge in [-0.3, -0.25) is 9.78 Å². The van der Waals surface area contributed by atoms with E-state index >= 15 is 0 Å². The molecule has 1 aliphatic rings. The highest BCUT2D eigenvalue weighted by atomic mass is 16.1. The molecule has 0 fully saturated rings. The molecular weight excluding hydrogens is 326 g/mol. The predicted molar refractivity (Wildman–Crippen MR) is 99.2 cm³/mol. The van der Waals surface area contributed by atoms with Gasteiger partial charge in [0, 0.05) is 30.3 Å². The van der Waals surface area contributed by atoms with Gasteiger partial charge >= 0.3 is 0 Å². The molecule has 1 aromatic carbocycles. The first-order valence-corrected chi connectivity index (χ1v) is 8.59. The minimum atomic E-state index is -0.211. The van der Waals surface area contributed by atoms with Gasteiger partial charge in [0.25, 0.3) is 5.91 Å². The molecule has 6 heteroatoms. The molecule has 26 heavy (non-hydrogen) atoms. The molecule has 1 unspecified atom stereocenters. The topological polar surface area (TPSA) is 71.0 Å². The first kappa shape index (κ1) is 16.2. The Balaban J connectivity index is 1.48. The van der Waals surface area contributed by atoms with Gasteiger partial charge in [0.05, 0.1) is 17.8 Å². The summed E-state index contributed by atoms with van der Waals surface area (Å²) in [5.41, 5.74) is 3.67. The monoisotopic (exact) mass is 345 g/mol. The highest BCUT2D eigenvalue weighted by Gasteiger charge is 2.28. The van der Waals surface area contributed by atoms with Gasteiger partial charge < -0.3 is 10.2 Å². The zero-order chi connectivity index (χ0) is 17.9. The first-order valence-electron chi connectivity index (χ1n) is 8.59. The third-order valence-corrected chi connectivity index (χ3v) is 4.48. The van der Waals surface area contributed by atoms with Crippen molar-refractivity contribution in [3.8, 4) is 0 Å². The van der Waals surface area contributed by atoms with Gasteiger partial charge in [-0.05, 0) is 37.1 Å². The number of nitrogens with zero attached hydrogens (tertiary/aromatic N) is 4. The summed E-state index contributed by atoms with van der Waals surface area (Å²) in [6.07, 6.45) is 5.81. The van der Waals surface area contributed by atoms with E-state index in [1.54, 1.807) is 18.6 Å². The summed E-state index contributed by atoms with van der Waals surface area (Å²) in [6, 6.07) is 14.2. The van der Waals surface area contributed by atoms with E-state index in [1.165, 1.54) is 5.56 Å². The van der Waals surface area contributed by atoms with Crippen LogP contribution in [0.25, 0.3) is 0 Å². The Morgan fingerprint density at radius 1 is 1.12 bits per heavy atom. The lowest BCUT2D eigenvalue weighted by Gasteiger charge is -2.22. The third-order valence-electron chi connectivity index (χ3n) is 4.48. The normalized spacial score (nSPS) is 15.6. The number of benzene rings is 1. The Kier molecular flexibility index (Phi) is 4.31. The summed E-state index contributed by atoms with van der Waals surface area (Å²) < 4.78 is 0. The fourth-order valence-electron chi connectivity index (χ4n) is 3.21. The number of amides is 1. The van der Waals surface area contributed by atoms with E-state index in [9.17, 15) is 4.79 Å². The number of pyridine rings is 1. The van der Waals surface area contributed by atoms with Crippen molar-refractivity contribution in [1.82, 2.24) is 20.3 Å². The smallest absolute Gasteiger partial charge is 0.254 e. The highest BCUT2D eigenvalue weighted by molar-refractivity contribution is 5.93. The van der Waals surface area contributed by atoms with Crippen LogP contribution in [-0.2, 0) is 13.0 Å². The van der Waals surface area contributed by atoms with Crippen molar-refractivity contribution in [3.05, 3.63) is 77.9 Å². The summed E-state index contributed by atoms with van der Waals surface area (Å²) in [5.74, 6) is 0.404. The van der Waals surface area contributed by atoms with Crippen LogP contribution in [0.15, 0.2) is 61.1 Å². The molecule has 0 spiro atoms. The second-order valence-electron chi connectivity index (χ2n) is 6.33. The van der Waals surface area contributed by atoms with Gasteiger partial charge in [-0.25, -0.2) is 9.97 Å². The van der Waals surface area contributed by atoms with Crippen LogP contribution < -0.4 is 10.2 Å². The molecule has 130 valence electrons. The number of nitrogens with one attached hydrogen (secondary N) is 1. The largest absolute Gasteiger partial charge is 0.346 e. The van der Waals surface area contributed by atoms with E-state index in [-0.39, 0.29) is 11.9 Å². The van der Waals surface area contributed by atoms with Gasteiger partial charge in [0.1, 0.15) is 0 Å². The molecule has 1 N–H and O–H groups in total. The molecule has 2 aromatic heterocycles. The van der Waals surface area contributed by atoms with Gasteiger partial charge in [0.2, 0.25) is 5.95 Å². The summed E-state index contributed by atoms with van der Waals surface area (Å²) in [6.45, 7) is 2.52. The van der Waals surface area contributed by atoms with Crippen LogP contribution >= 0.6 is 0 Å². The predicted octanol–water partition coefficient (Wildman–Crippen LogP) is 2.88. The van der Waals surface area contributed by atoms with E-state index in [0.29, 0.717) is 18.1 Å². The Morgan fingerprint density at radius 3 is 2.65 bits per heavy atom. The number of fused-ring (bicyclic) bond motifs is 1. The molecule has 1 aliphatic heterocycles. The van der Waals surface area contributed by atoms with Crippen molar-refractivity contribution in [2.45, 2.75) is 25.9 Å². The zero-order valence-electron chi connectivity index (χ0n) is 14.5. The molecule has 0 saturated carbocycles. The lowest BCUT2D eigenvalue weighted by atomic mass is 10.1. The summed E-state index contributed by atoms with van der Waals surface area (Å²) >= 11 is 0. The molecular formula is C20H19N5O. The van der Waals surface area contributed by atoms with Gasteiger partial charge in [0.15, 0.2) is 0 Å². The number of carbonyl (C=O) groups is 1. The molecule has 0 saturated heterocycles. The number of rotatable bonds is 4. The highest BCUT2D eigenvalue weighted by Crippen LogP contribution is 2.35. The van der Waals surface area contributed by atoms with Crippen LogP contribution in [0.5, 0.6) is 0 Å². The van der Waals surface area contributed by atoms with Crippen LogP contribution in [0.1, 0.15) is 28.5 Å². The van der Waals surface area contributed by atoms with Gasteiger partial charge in [-0.1, -0.05) is 24.3 Å². The van der Waals surface area contributed by atoms with Crippen molar-refractivity contribution in [1.29, 1.82) is 0 Å². The number of hydrogen-bond acceptors (Lipinski definition) is 5. The van der Waals surface area contributed by atoms with Gasteiger partial charge in [-0.2, -0.15) is 0 Å². The summed E-state index contributed by atoms with van der Waals surface area (Å²) in [7, 11) is 0. The zero-order valence-corrected chi connectivity index (χ0v) is 14.5. The van der Waals surface area contributed by atoms with Crippen LogP contribution in [-0.4, -0.2) is 26.9 Å². The lowest BCUT2D eigenvalue weighted by molar-refractivity contribution is 0.0949. The molecule has 0 radical (unpaired) electrons. The average molecular weight is 345 g/mol. The Morgan fingerprint density at radius 2 is 1.88 bits per heavy atom. The Bertz CT molecular complexity index is 911. The molecule has 3 aromatic rings. The number of anilines is 2. The summed E-state index contributed by atoms with van der Waals surface area (Å²) in [4.78, 5) is 27.4. The second-order valence-corrected chi connectivity index (χ2v) is 6.33. The number of hydrogen-bond donors (Lipinski definition) is 1. The minimum Gasteiger partial charge on any atom is -0.346 e. The van der Waals surface area contributed by atoms with Gasteiger partial charge in [-0.15, -0.1) is 0 Å². The fraction of sp³-hybridized carbons (Fsp3) is 0.200. The van der Waals surface area contributed by atoms with Crippen LogP contribution in [0.2, 0.25) is 0 Å². The maximum Gasteiger partial charge on any atom is 0.254 e. The van der Waals surface area contributed by atoms with Crippen LogP contribution in [0, 0.1) is 0 Å². The van der Waals surface area contributed by atoms with Crippen molar-refractivity contribution in [3.63, 3.8) is 0 Å². The molecule has 0 bridgehead atoms. The third kappa shape index (κ3) is 3.13. The lowest BCUT2D eigenvalue weighted by Crippen LogP contribution is -2.27. The summed E-state index contributed by atoms with van der Waals surface area (Å²) in [5, 5.41) is 2.83. The van der Waals surface area contributed by atoms with E-state index in [4.69, 9.17) is 0 Å². The van der Waals surface area contributed by atoms with Crippen LogP contribution in [0.4, 0.5) is 11.6 Å². The SMILES string of the molecule is CC1Cc2ccccc2N1c1ncc(C(=O)NCc2ccccn2)cn1. The number of para-hydroxylation sites is 1. The average Bonchev–Trinajstić information content (AvgIpc) is 3.03. The Labute approximate surface area is 151 Å². The van der Waals surface area contributed by atoms with Crippen molar-refractivity contribution < 1.29 is 4.79 Å². The van der Waals surface area contributed by atoms with Crippen molar-refractivity contribution in [2.75, 3.05) is 4.90 Å². The molecule has 4 rings (SSSR count). The van der Waals surface area contributed by atoms with E-state index < -0.39 is 0 Å². The first-order chi connectivity index (χ1) is 12.7. The second kappa shape index (κ2) is 6.92. The molecule has 1 amide bonds. The molecule has 1 atom stereocenters. The molecule has 6 nitrogen and oxygen atoms in total.